The van der Waals surface area contributed by atoms with Gasteiger partial charge in [-0.25, -0.2) is 0 Å². The van der Waals surface area contributed by atoms with E-state index >= 15 is 0 Å². The molecule has 0 aromatic carbocycles. The predicted octanol–water partition coefficient (Wildman–Crippen LogP) is 0.831. The highest BCUT2D eigenvalue weighted by Crippen LogP contribution is 2.60. The van der Waals surface area contributed by atoms with Crippen molar-refractivity contribution in [1.82, 2.24) is 0 Å². The fourth-order valence-corrected chi connectivity index (χ4v) is 3.13. The van der Waals surface area contributed by atoms with Gasteiger partial charge in [-0.1, -0.05) is 0 Å². The molecule has 0 N–H and O–H groups in total. The number of methoxy groups -OCH3 is 1. The Bertz CT molecular complexity index is 395. The van der Waals surface area contributed by atoms with Gasteiger partial charge in [0, 0.05) is 7.11 Å². The second kappa shape index (κ2) is 4.15. The zero-order chi connectivity index (χ0) is 13.8. The van der Waals surface area contributed by atoms with Crippen molar-refractivity contribution in [3.63, 3.8) is 0 Å². The number of carbonyl (C=O) groups excluding carboxylic acids is 1. The van der Waals surface area contributed by atoms with Gasteiger partial charge in [-0.15, -0.1) is 0 Å². The summed E-state index contributed by atoms with van der Waals surface area (Å²) in [6.45, 7) is 5.87. The molecule has 0 aromatic heterocycles. The Balaban J connectivity index is 1.79. The molecule has 1 saturated carbocycles. The molecule has 108 valence electrons. The van der Waals surface area contributed by atoms with Crippen LogP contribution in [0.4, 0.5) is 0 Å². The lowest BCUT2D eigenvalue weighted by Gasteiger charge is -2.23. The highest BCUT2D eigenvalue weighted by Gasteiger charge is 2.76. The lowest BCUT2D eigenvalue weighted by Crippen LogP contribution is -2.34. The topological polar surface area (TPSA) is 63.2 Å². The summed E-state index contributed by atoms with van der Waals surface area (Å²) in [5.41, 5.74) is -0.634. The minimum atomic E-state index is -0.676. The standard InChI is InChI=1S/C13H20O6/c1-5-16-10(14)7-6-13(7)9-8(11(15-4)19-13)17-12(2,3)18-9/h7-9,11H,5-6H2,1-4H3/t7?,8?,9?,11?,13-/m1/s1. The molecule has 0 radical (unpaired) electrons. The minimum Gasteiger partial charge on any atom is -0.466 e. The van der Waals surface area contributed by atoms with Crippen LogP contribution >= 0.6 is 0 Å². The van der Waals surface area contributed by atoms with Crippen molar-refractivity contribution >= 4 is 5.97 Å². The van der Waals surface area contributed by atoms with Crippen molar-refractivity contribution in [1.29, 1.82) is 0 Å². The van der Waals surface area contributed by atoms with Crippen molar-refractivity contribution in [2.45, 2.75) is 57.1 Å². The van der Waals surface area contributed by atoms with Crippen LogP contribution in [0.5, 0.6) is 0 Å². The van der Waals surface area contributed by atoms with E-state index < -0.39 is 17.7 Å². The Labute approximate surface area is 112 Å². The Morgan fingerprint density at radius 1 is 1.32 bits per heavy atom. The van der Waals surface area contributed by atoms with E-state index in [-0.39, 0.29) is 24.1 Å². The van der Waals surface area contributed by atoms with Crippen LogP contribution in [0.25, 0.3) is 0 Å². The summed E-state index contributed by atoms with van der Waals surface area (Å²) in [6, 6.07) is 0. The van der Waals surface area contributed by atoms with Crippen LogP contribution in [0.3, 0.4) is 0 Å². The molecule has 3 aliphatic rings. The van der Waals surface area contributed by atoms with Crippen molar-refractivity contribution < 1.29 is 28.5 Å². The zero-order valence-electron chi connectivity index (χ0n) is 11.7. The van der Waals surface area contributed by atoms with E-state index in [0.29, 0.717) is 13.0 Å². The molecular weight excluding hydrogens is 252 g/mol. The molecule has 2 heterocycles. The first kappa shape index (κ1) is 13.3. The summed E-state index contributed by atoms with van der Waals surface area (Å²) in [6.07, 6.45) is -0.459. The molecule has 0 aromatic rings. The van der Waals surface area contributed by atoms with E-state index in [4.69, 9.17) is 23.7 Å². The third-order valence-electron chi connectivity index (χ3n) is 3.97. The quantitative estimate of drug-likeness (QED) is 0.709. The first-order valence-corrected chi connectivity index (χ1v) is 6.66. The SMILES string of the molecule is CCOC(=O)C1C[C@@]12OC(OC)C1OC(C)(C)OC12. The molecular formula is C13H20O6. The van der Waals surface area contributed by atoms with Gasteiger partial charge in [0.1, 0.15) is 17.8 Å². The van der Waals surface area contributed by atoms with Crippen LogP contribution in [0, 0.1) is 5.92 Å². The smallest absolute Gasteiger partial charge is 0.312 e. The van der Waals surface area contributed by atoms with E-state index in [2.05, 4.69) is 0 Å². The molecule has 3 rings (SSSR count). The molecule has 0 amide bonds. The molecule has 19 heavy (non-hydrogen) atoms. The average Bonchev–Trinajstić information content (AvgIpc) is 2.89. The summed E-state index contributed by atoms with van der Waals surface area (Å²) in [5.74, 6) is -1.19. The van der Waals surface area contributed by atoms with E-state index in [0.717, 1.165) is 0 Å². The van der Waals surface area contributed by atoms with E-state index in [1.54, 1.807) is 14.0 Å². The molecule has 1 spiro atoms. The fourth-order valence-electron chi connectivity index (χ4n) is 3.13. The summed E-state index contributed by atoms with van der Waals surface area (Å²) in [7, 11) is 1.57. The van der Waals surface area contributed by atoms with Crippen molar-refractivity contribution in [2.24, 2.45) is 5.92 Å². The summed E-state index contributed by atoms with van der Waals surface area (Å²) in [5, 5.41) is 0. The Kier molecular flexibility index (Phi) is 2.91. The number of rotatable bonds is 3. The first-order chi connectivity index (χ1) is 8.93. The van der Waals surface area contributed by atoms with E-state index in [1.165, 1.54) is 0 Å². The second-order valence-electron chi connectivity index (χ2n) is 5.71. The Morgan fingerprint density at radius 3 is 2.68 bits per heavy atom. The molecule has 3 fully saturated rings. The van der Waals surface area contributed by atoms with Crippen LogP contribution in [-0.4, -0.2) is 49.6 Å². The van der Waals surface area contributed by atoms with Crippen LogP contribution in [0.15, 0.2) is 0 Å². The Hall–Kier alpha value is -0.690. The van der Waals surface area contributed by atoms with E-state index in [9.17, 15) is 4.79 Å². The molecule has 0 bridgehead atoms. The molecule has 2 saturated heterocycles. The molecule has 4 unspecified atom stereocenters. The number of hydrogen-bond acceptors (Lipinski definition) is 6. The van der Waals surface area contributed by atoms with Gasteiger partial charge in [0.2, 0.25) is 0 Å². The van der Waals surface area contributed by atoms with Gasteiger partial charge in [-0.3, -0.25) is 4.79 Å². The number of ether oxygens (including phenoxy) is 5. The number of esters is 1. The highest BCUT2D eigenvalue weighted by atomic mass is 16.8. The van der Waals surface area contributed by atoms with Gasteiger partial charge < -0.3 is 23.7 Å². The predicted molar refractivity (Wildman–Crippen MR) is 63.2 cm³/mol. The minimum absolute atomic E-state index is 0.230. The first-order valence-electron chi connectivity index (χ1n) is 6.66. The number of fused-ring (bicyclic) bond motifs is 2. The van der Waals surface area contributed by atoms with Crippen LogP contribution in [0.1, 0.15) is 27.2 Å². The van der Waals surface area contributed by atoms with Crippen molar-refractivity contribution in [2.75, 3.05) is 13.7 Å². The highest BCUT2D eigenvalue weighted by molar-refractivity contribution is 5.78. The number of hydrogen-bond donors (Lipinski definition) is 0. The molecule has 5 atom stereocenters. The summed E-state index contributed by atoms with van der Waals surface area (Å²) >= 11 is 0. The second-order valence-corrected chi connectivity index (χ2v) is 5.71. The molecule has 2 aliphatic heterocycles. The lowest BCUT2D eigenvalue weighted by molar-refractivity contribution is -0.235. The Morgan fingerprint density at radius 2 is 2.05 bits per heavy atom. The van der Waals surface area contributed by atoms with Gasteiger partial charge >= 0.3 is 5.97 Å². The average molecular weight is 272 g/mol. The summed E-state index contributed by atoms with van der Waals surface area (Å²) < 4.78 is 28.0. The maximum absolute atomic E-state index is 11.9. The van der Waals surface area contributed by atoms with Gasteiger partial charge in [0.25, 0.3) is 0 Å². The maximum Gasteiger partial charge on any atom is 0.312 e. The van der Waals surface area contributed by atoms with Crippen LogP contribution in [-0.2, 0) is 28.5 Å². The zero-order valence-corrected chi connectivity index (χ0v) is 11.7. The molecule has 6 heteroatoms. The van der Waals surface area contributed by atoms with Crippen LogP contribution < -0.4 is 0 Å². The monoisotopic (exact) mass is 272 g/mol. The third-order valence-corrected chi connectivity index (χ3v) is 3.97. The van der Waals surface area contributed by atoms with Gasteiger partial charge in [0.15, 0.2) is 12.1 Å². The van der Waals surface area contributed by atoms with Gasteiger partial charge in [-0.05, 0) is 27.2 Å². The number of carbonyl (C=O) groups is 1. The maximum atomic E-state index is 11.9. The van der Waals surface area contributed by atoms with Crippen molar-refractivity contribution in [3.05, 3.63) is 0 Å². The van der Waals surface area contributed by atoms with Crippen molar-refractivity contribution in [3.8, 4) is 0 Å². The van der Waals surface area contributed by atoms with Crippen LogP contribution in [0.2, 0.25) is 0 Å². The third kappa shape index (κ3) is 1.89. The molecule has 1 aliphatic carbocycles. The van der Waals surface area contributed by atoms with E-state index in [1.807, 2.05) is 13.8 Å². The largest absolute Gasteiger partial charge is 0.466 e. The van der Waals surface area contributed by atoms with Gasteiger partial charge in [0.05, 0.1) is 12.5 Å². The molecule has 6 nitrogen and oxygen atoms in total. The van der Waals surface area contributed by atoms with Gasteiger partial charge in [-0.2, -0.15) is 0 Å². The fraction of sp³-hybridized carbons (Fsp3) is 0.923. The lowest BCUT2D eigenvalue weighted by atomic mass is 10.1. The summed E-state index contributed by atoms with van der Waals surface area (Å²) in [4.78, 5) is 11.9. The normalized spacial score (nSPS) is 46.3.